The minimum Gasteiger partial charge on any atom is -0.490 e. The van der Waals surface area contributed by atoms with Crippen LogP contribution in [0.5, 0.6) is 5.75 Å². The van der Waals surface area contributed by atoms with E-state index >= 15 is 0 Å². The number of benzene rings is 2. The molecule has 0 amide bonds. The van der Waals surface area contributed by atoms with Crippen molar-refractivity contribution >= 4 is 5.97 Å². The van der Waals surface area contributed by atoms with E-state index in [0.717, 1.165) is 24.2 Å². The van der Waals surface area contributed by atoms with Gasteiger partial charge in [-0.3, -0.25) is 10.1 Å². The van der Waals surface area contributed by atoms with Crippen LogP contribution in [0.15, 0.2) is 48.5 Å². The normalized spacial score (nSPS) is 12.7. The molecule has 0 fully saturated rings. The van der Waals surface area contributed by atoms with Gasteiger partial charge in [-0.2, -0.15) is 0 Å². The van der Waals surface area contributed by atoms with Gasteiger partial charge in [0, 0.05) is 6.42 Å². The van der Waals surface area contributed by atoms with Crippen LogP contribution in [0.3, 0.4) is 0 Å². The number of hydrogen-bond acceptors (Lipinski definition) is 5. The Morgan fingerprint density at radius 3 is 1.64 bits per heavy atom. The first-order valence-corrected chi connectivity index (χ1v) is 16.7. The molecule has 0 aromatic heterocycles. The summed E-state index contributed by atoms with van der Waals surface area (Å²) in [7, 11) is 0. The standard InChI is InChI=1S/C37H58O5/c1-4-5-6-7-8-9-10-11-12-13-14-15-16-17-18-19-35(36(42-39)30-33-24-20-31(2)21-25-33)37(38)41-29-28-40-34-26-22-32(3)23-27-34/h20-27,35-36,39H,4-19,28-30H2,1-3H3. The van der Waals surface area contributed by atoms with Crippen LogP contribution in [0.1, 0.15) is 126 Å². The smallest absolute Gasteiger partial charge is 0.311 e. The highest BCUT2D eigenvalue weighted by Gasteiger charge is 2.31. The van der Waals surface area contributed by atoms with E-state index < -0.39 is 12.0 Å². The average molecular weight is 583 g/mol. The number of ether oxygens (including phenoxy) is 2. The monoisotopic (exact) mass is 582 g/mol. The zero-order chi connectivity index (χ0) is 30.3. The van der Waals surface area contributed by atoms with Crippen LogP contribution < -0.4 is 4.74 Å². The molecule has 0 saturated heterocycles. The molecule has 0 spiro atoms. The molecule has 2 aromatic rings. The quantitative estimate of drug-likeness (QED) is 0.0546. The number of aryl methyl sites for hydroxylation is 2. The fourth-order valence-electron chi connectivity index (χ4n) is 5.44. The molecule has 0 radical (unpaired) electrons. The molecule has 2 rings (SSSR count). The largest absolute Gasteiger partial charge is 0.490 e. The summed E-state index contributed by atoms with van der Waals surface area (Å²) in [5.41, 5.74) is 3.36. The lowest BCUT2D eigenvalue weighted by Gasteiger charge is -2.23. The van der Waals surface area contributed by atoms with E-state index in [-0.39, 0.29) is 19.2 Å². The average Bonchev–Trinajstić information content (AvgIpc) is 3.00. The zero-order valence-electron chi connectivity index (χ0n) is 26.8. The number of unbranched alkanes of at least 4 members (excludes halogenated alkanes) is 14. The Kier molecular flexibility index (Phi) is 19.7. The number of rotatable bonds is 25. The Labute approximate surface area is 256 Å². The predicted octanol–water partition coefficient (Wildman–Crippen LogP) is 10.2. The highest BCUT2D eigenvalue weighted by molar-refractivity contribution is 5.73. The molecular weight excluding hydrogens is 524 g/mol. The van der Waals surface area contributed by atoms with Gasteiger partial charge >= 0.3 is 5.97 Å². The van der Waals surface area contributed by atoms with Gasteiger partial charge in [0.15, 0.2) is 0 Å². The van der Waals surface area contributed by atoms with E-state index in [0.29, 0.717) is 12.8 Å². The van der Waals surface area contributed by atoms with Crippen LogP contribution in [-0.4, -0.2) is 30.5 Å². The molecule has 0 heterocycles. The fraction of sp³-hybridized carbons (Fsp3) is 0.649. The van der Waals surface area contributed by atoms with Crippen molar-refractivity contribution in [1.82, 2.24) is 0 Å². The number of esters is 1. The number of carbonyl (C=O) groups excluding carboxylic acids is 1. The van der Waals surface area contributed by atoms with Gasteiger partial charge in [-0.15, -0.1) is 0 Å². The van der Waals surface area contributed by atoms with Crippen LogP contribution in [0, 0.1) is 19.8 Å². The number of carbonyl (C=O) groups is 1. The van der Waals surface area contributed by atoms with Crippen LogP contribution >= 0.6 is 0 Å². The second-order valence-electron chi connectivity index (χ2n) is 12.0. The molecule has 5 heteroatoms. The van der Waals surface area contributed by atoms with Crippen LogP contribution in [-0.2, 0) is 20.8 Å². The summed E-state index contributed by atoms with van der Waals surface area (Å²) >= 11 is 0. The molecule has 2 unspecified atom stereocenters. The van der Waals surface area contributed by atoms with E-state index in [1.807, 2.05) is 62.4 Å². The van der Waals surface area contributed by atoms with Crippen molar-refractivity contribution in [3.05, 3.63) is 65.2 Å². The van der Waals surface area contributed by atoms with E-state index in [9.17, 15) is 10.1 Å². The molecule has 0 saturated carbocycles. The van der Waals surface area contributed by atoms with Crippen molar-refractivity contribution in [2.75, 3.05) is 13.2 Å². The lowest BCUT2D eigenvalue weighted by atomic mass is 9.90. The summed E-state index contributed by atoms with van der Waals surface area (Å²) in [6.07, 6.45) is 19.9. The van der Waals surface area contributed by atoms with Gasteiger partial charge in [0.25, 0.3) is 0 Å². The van der Waals surface area contributed by atoms with Crippen molar-refractivity contribution in [3.63, 3.8) is 0 Å². The van der Waals surface area contributed by atoms with Gasteiger partial charge in [0.2, 0.25) is 0 Å². The lowest BCUT2D eigenvalue weighted by Crippen LogP contribution is -2.34. The zero-order valence-corrected chi connectivity index (χ0v) is 26.8. The molecule has 2 aromatic carbocycles. The molecule has 5 nitrogen and oxygen atoms in total. The first-order chi connectivity index (χ1) is 20.5. The first kappa shape index (κ1) is 35.8. The molecule has 0 aliphatic carbocycles. The summed E-state index contributed by atoms with van der Waals surface area (Å²) in [5, 5.41) is 9.80. The molecule has 236 valence electrons. The van der Waals surface area contributed by atoms with Crippen LogP contribution in [0.25, 0.3) is 0 Å². The van der Waals surface area contributed by atoms with Crippen molar-refractivity contribution in [2.24, 2.45) is 5.92 Å². The minimum atomic E-state index is -0.648. The third kappa shape index (κ3) is 16.3. The van der Waals surface area contributed by atoms with E-state index in [1.54, 1.807) is 0 Å². The van der Waals surface area contributed by atoms with Gasteiger partial charge in [-0.25, -0.2) is 4.89 Å². The van der Waals surface area contributed by atoms with Crippen molar-refractivity contribution in [2.45, 2.75) is 136 Å². The second kappa shape index (κ2) is 23.1. The predicted molar refractivity (Wildman–Crippen MR) is 173 cm³/mol. The number of hydrogen-bond donors (Lipinski definition) is 1. The SMILES string of the molecule is CCCCCCCCCCCCCCCCCC(C(=O)OCCOc1ccc(C)cc1)C(Cc1ccc(C)cc1)OO. The van der Waals surface area contributed by atoms with Crippen molar-refractivity contribution in [3.8, 4) is 5.75 Å². The van der Waals surface area contributed by atoms with Gasteiger partial charge < -0.3 is 9.47 Å². The maximum absolute atomic E-state index is 13.2. The molecule has 0 aliphatic heterocycles. The van der Waals surface area contributed by atoms with Crippen molar-refractivity contribution < 1.29 is 24.4 Å². The van der Waals surface area contributed by atoms with Gasteiger partial charge in [-0.1, -0.05) is 151 Å². The Bertz CT molecular complexity index is 924. The van der Waals surface area contributed by atoms with Crippen LogP contribution in [0.4, 0.5) is 0 Å². The minimum absolute atomic E-state index is 0.157. The topological polar surface area (TPSA) is 65.0 Å². The maximum Gasteiger partial charge on any atom is 0.311 e. The Morgan fingerprint density at radius 2 is 1.14 bits per heavy atom. The van der Waals surface area contributed by atoms with E-state index in [2.05, 4.69) is 6.92 Å². The van der Waals surface area contributed by atoms with E-state index in [4.69, 9.17) is 14.4 Å². The fourth-order valence-corrected chi connectivity index (χ4v) is 5.44. The third-order valence-electron chi connectivity index (χ3n) is 8.18. The summed E-state index contributed by atoms with van der Waals surface area (Å²) < 4.78 is 11.3. The highest BCUT2D eigenvalue weighted by Crippen LogP contribution is 2.23. The first-order valence-electron chi connectivity index (χ1n) is 16.7. The summed E-state index contributed by atoms with van der Waals surface area (Å²) in [6.45, 7) is 6.78. The lowest BCUT2D eigenvalue weighted by molar-refractivity contribution is -0.290. The summed E-state index contributed by atoms with van der Waals surface area (Å²) in [4.78, 5) is 18.1. The van der Waals surface area contributed by atoms with Gasteiger partial charge in [-0.05, 0) is 38.0 Å². The molecule has 0 bridgehead atoms. The molecule has 0 aliphatic rings. The third-order valence-corrected chi connectivity index (χ3v) is 8.18. The van der Waals surface area contributed by atoms with Gasteiger partial charge in [0.05, 0.1) is 5.92 Å². The molecule has 1 N–H and O–H groups in total. The Balaban J connectivity index is 1.70. The summed E-state index contributed by atoms with van der Waals surface area (Å²) in [6, 6.07) is 15.9. The molecular formula is C37H58O5. The molecule has 2 atom stereocenters. The maximum atomic E-state index is 13.2. The Morgan fingerprint density at radius 1 is 0.667 bits per heavy atom. The highest BCUT2D eigenvalue weighted by atomic mass is 17.1. The summed E-state index contributed by atoms with van der Waals surface area (Å²) in [5.74, 6) is -0.112. The van der Waals surface area contributed by atoms with Gasteiger partial charge in [0.1, 0.15) is 25.1 Å². The van der Waals surface area contributed by atoms with Crippen LogP contribution in [0.2, 0.25) is 0 Å². The Hall–Kier alpha value is -2.37. The second-order valence-corrected chi connectivity index (χ2v) is 12.0. The molecule has 42 heavy (non-hydrogen) atoms. The van der Waals surface area contributed by atoms with Crippen molar-refractivity contribution in [1.29, 1.82) is 0 Å². The van der Waals surface area contributed by atoms with E-state index in [1.165, 1.54) is 94.6 Å².